The molecule has 0 saturated carbocycles. The van der Waals surface area contributed by atoms with Crippen LogP contribution >= 0.6 is 0 Å². The Morgan fingerprint density at radius 3 is 2.73 bits per heavy atom. The Balaban J connectivity index is 1.28. The lowest BCUT2D eigenvalue weighted by atomic mass is 9.96. The molecule has 1 amide bonds. The number of rotatable bonds is 5. The average Bonchev–Trinajstić information content (AvgIpc) is 3.48. The second kappa shape index (κ2) is 8.02. The lowest BCUT2D eigenvalue weighted by molar-refractivity contribution is -0.125. The number of hydrogen-bond acceptors (Lipinski definition) is 5. The summed E-state index contributed by atoms with van der Waals surface area (Å²) in [6.07, 6.45) is 6.87. The molecular weight excluding hydrogens is 378 g/mol. The third-order valence-electron chi connectivity index (χ3n) is 5.62. The van der Waals surface area contributed by atoms with E-state index in [2.05, 4.69) is 33.4 Å². The van der Waals surface area contributed by atoms with E-state index >= 15 is 0 Å². The summed E-state index contributed by atoms with van der Waals surface area (Å²) in [5, 5.41) is 7.69. The second-order valence-corrected chi connectivity index (χ2v) is 7.53. The molecule has 4 aromatic rings. The SMILES string of the molecule is O=C(NCc1ccco1)C1CCN(c2nccn3nc(-c4ccccc4)cc23)CC1. The normalized spacial score (nSPS) is 14.9. The number of carbonyl (C=O) groups is 1. The first-order valence-electron chi connectivity index (χ1n) is 10.2. The number of piperidine rings is 1. The Morgan fingerprint density at radius 2 is 1.97 bits per heavy atom. The molecule has 1 aliphatic heterocycles. The van der Waals surface area contributed by atoms with E-state index in [1.807, 2.05) is 41.0 Å². The molecule has 152 valence electrons. The van der Waals surface area contributed by atoms with Crippen LogP contribution in [0.5, 0.6) is 0 Å². The quantitative estimate of drug-likeness (QED) is 0.554. The Hall–Kier alpha value is -3.61. The van der Waals surface area contributed by atoms with Gasteiger partial charge in [-0.1, -0.05) is 30.3 Å². The number of benzene rings is 1. The van der Waals surface area contributed by atoms with E-state index in [9.17, 15) is 4.79 Å². The molecule has 0 unspecified atom stereocenters. The molecule has 1 aromatic carbocycles. The maximum absolute atomic E-state index is 12.5. The van der Waals surface area contributed by atoms with Gasteiger partial charge in [0.1, 0.15) is 11.3 Å². The molecule has 1 N–H and O–H groups in total. The maximum atomic E-state index is 12.5. The van der Waals surface area contributed by atoms with Crippen molar-refractivity contribution in [2.75, 3.05) is 18.0 Å². The minimum Gasteiger partial charge on any atom is -0.467 e. The van der Waals surface area contributed by atoms with Crippen molar-refractivity contribution >= 4 is 17.2 Å². The molecule has 1 fully saturated rings. The van der Waals surface area contributed by atoms with Gasteiger partial charge < -0.3 is 14.6 Å². The van der Waals surface area contributed by atoms with Gasteiger partial charge in [-0.25, -0.2) is 9.50 Å². The van der Waals surface area contributed by atoms with Gasteiger partial charge in [0.05, 0.1) is 18.5 Å². The molecule has 1 saturated heterocycles. The van der Waals surface area contributed by atoms with Crippen LogP contribution in [0, 0.1) is 5.92 Å². The fourth-order valence-electron chi connectivity index (χ4n) is 3.99. The van der Waals surface area contributed by atoms with Crippen LogP contribution < -0.4 is 10.2 Å². The van der Waals surface area contributed by atoms with Gasteiger partial charge in [-0.3, -0.25) is 4.79 Å². The Morgan fingerprint density at radius 1 is 1.13 bits per heavy atom. The van der Waals surface area contributed by atoms with Crippen LogP contribution in [-0.4, -0.2) is 33.6 Å². The summed E-state index contributed by atoms with van der Waals surface area (Å²) in [5.41, 5.74) is 2.99. The predicted octanol–water partition coefficient (Wildman–Crippen LogP) is 3.52. The number of nitrogens with one attached hydrogen (secondary N) is 1. The van der Waals surface area contributed by atoms with E-state index in [1.165, 1.54) is 0 Å². The van der Waals surface area contributed by atoms with Crippen LogP contribution in [0.2, 0.25) is 0 Å². The number of anilines is 1. The zero-order valence-electron chi connectivity index (χ0n) is 16.6. The van der Waals surface area contributed by atoms with E-state index in [0.717, 1.165) is 54.3 Å². The molecule has 5 rings (SSSR count). The summed E-state index contributed by atoms with van der Waals surface area (Å²) < 4.78 is 7.16. The number of furan rings is 1. The largest absolute Gasteiger partial charge is 0.467 e. The third kappa shape index (κ3) is 3.66. The highest BCUT2D eigenvalue weighted by molar-refractivity contribution is 5.79. The van der Waals surface area contributed by atoms with Gasteiger partial charge in [0.15, 0.2) is 5.82 Å². The molecule has 30 heavy (non-hydrogen) atoms. The number of hydrogen-bond donors (Lipinski definition) is 1. The minimum atomic E-state index is 0.0146. The zero-order valence-corrected chi connectivity index (χ0v) is 16.6. The number of carbonyl (C=O) groups excluding carboxylic acids is 1. The van der Waals surface area contributed by atoms with Crippen molar-refractivity contribution in [1.29, 1.82) is 0 Å². The third-order valence-corrected chi connectivity index (χ3v) is 5.62. The van der Waals surface area contributed by atoms with E-state index in [1.54, 1.807) is 12.5 Å². The Bertz CT molecular complexity index is 1130. The highest BCUT2D eigenvalue weighted by atomic mass is 16.3. The summed E-state index contributed by atoms with van der Waals surface area (Å²) in [7, 11) is 0. The van der Waals surface area contributed by atoms with Gasteiger partial charge in [-0.05, 0) is 31.0 Å². The van der Waals surface area contributed by atoms with Crippen molar-refractivity contribution in [1.82, 2.24) is 19.9 Å². The fraction of sp³-hybridized carbons (Fsp3) is 0.261. The lowest BCUT2D eigenvalue weighted by Crippen LogP contribution is -2.40. The van der Waals surface area contributed by atoms with E-state index in [0.29, 0.717) is 6.54 Å². The van der Waals surface area contributed by atoms with Crippen molar-refractivity contribution < 1.29 is 9.21 Å². The predicted molar refractivity (Wildman–Crippen MR) is 114 cm³/mol. The van der Waals surface area contributed by atoms with Crippen LogP contribution in [0.25, 0.3) is 16.8 Å². The van der Waals surface area contributed by atoms with E-state index in [4.69, 9.17) is 9.52 Å². The molecule has 0 spiro atoms. The smallest absolute Gasteiger partial charge is 0.223 e. The summed E-state index contributed by atoms with van der Waals surface area (Å²) in [6.45, 7) is 2.01. The summed E-state index contributed by atoms with van der Waals surface area (Å²) in [5.74, 6) is 1.79. The van der Waals surface area contributed by atoms with Gasteiger partial charge in [0.2, 0.25) is 5.91 Å². The van der Waals surface area contributed by atoms with Crippen LogP contribution in [-0.2, 0) is 11.3 Å². The van der Waals surface area contributed by atoms with Gasteiger partial charge in [0.25, 0.3) is 0 Å². The van der Waals surface area contributed by atoms with Crippen LogP contribution in [0.4, 0.5) is 5.82 Å². The number of aromatic nitrogens is 3. The second-order valence-electron chi connectivity index (χ2n) is 7.53. The Kier molecular flexibility index (Phi) is 4.93. The average molecular weight is 401 g/mol. The summed E-state index contributed by atoms with van der Waals surface area (Å²) in [4.78, 5) is 19.4. The molecular formula is C23H23N5O2. The molecule has 0 bridgehead atoms. The van der Waals surface area contributed by atoms with E-state index < -0.39 is 0 Å². The van der Waals surface area contributed by atoms with E-state index in [-0.39, 0.29) is 11.8 Å². The number of fused-ring (bicyclic) bond motifs is 1. The minimum absolute atomic E-state index is 0.0146. The first-order chi connectivity index (χ1) is 14.8. The zero-order chi connectivity index (χ0) is 20.3. The van der Waals surface area contributed by atoms with Gasteiger partial charge in [0, 0.05) is 37.0 Å². The summed E-state index contributed by atoms with van der Waals surface area (Å²) >= 11 is 0. The monoisotopic (exact) mass is 401 g/mol. The van der Waals surface area contributed by atoms with Gasteiger partial charge >= 0.3 is 0 Å². The maximum Gasteiger partial charge on any atom is 0.223 e. The van der Waals surface area contributed by atoms with Crippen molar-refractivity contribution in [2.45, 2.75) is 19.4 Å². The topological polar surface area (TPSA) is 75.7 Å². The van der Waals surface area contributed by atoms with Crippen LogP contribution in [0.15, 0.2) is 71.6 Å². The molecule has 1 aliphatic rings. The highest BCUT2D eigenvalue weighted by Gasteiger charge is 2.26. The van der Waals surface area contributed by atoms with Gasteiger partial charge in [-0.2, -0.15) is 5.10 Å². The first kappa shape index (κ1) is 18.4. The molecule has 3 aromatic heterocycles. The number of nitrogens with zero attached hydrogens (tertiary/aromatic N) is 4. The molecule has 7 nitrogen and oxygen atoms in total. The number of amides is 1. The van der Waals surface area contributed by atoms with Crippen molar-refractivity contribution in [3.8, 4) is 11.3 Å². The summed E-state index contributed by atoms with van der Waals surface area (Å²) in [6, 6.07) is 15.9. The fourth-order valence-corrected chi connectivity index (χ4v) is 3.99. The molecule has 7 heteroatoms. The molecule has 4 heterocycles. The highest BCUT2D eigenvalue weighted by Crippen LogP contribution is 2.28. The van der Waals surface area contributed by atoms with Gasteiger partial charge in [-0.15, -0.1) is 0 Å². The van der Waals surface area contributed by atoms with Crippen molar-refractivity contribution in [3.05, 3.63) is 72.9 Å². The Labute approximate surface area is 174 Å². The molecule has 0 atom stereocenters. The van der Waals surface area contributed by atoms with Crippen LogP contribution in [0.1, 0.15) is 18.6 Å². The molecule has 0 aliphatic carbocycles. The van der Waals surface area contributed by atoms with Crippen molar-refractivity contribution in [2.24, 2.45) is 5.92 Å². The van der Waals surface area contributed by atoms with Crippen molar-refractivity contribution in [3.63, 3.8) is 0 Å². The van der Waals surface area contributed by atoms with Crippen LogP contribution in [0.3, 0.4) is 0 Å². The lowest BCUT2D eigenvalue weighted by Gasteiger charge is -2.32. The standard InChI is InChI=1S/C23H23N5O2/c29-23(25-16-19-7-4-14-30-19)18-8-11-27(12-9-18)22-21-15-20(17-5-2-1-3-6-17)26-28(21)13-10-24-22/h1-7,10,13-15,18H,8-9,11-12,16H2,(H,25,29). The first-order valence-corrected chi connectivity index (χ1v) is 10.2. The molecule has 0 radical (unpaired) electrons.